The maximum atomic E-state index is 5.88. The molecule has 1 aromatic heterocycles. The first-order valence-electron chi connectivity index (χ1n) is 6.35. The number of anilines is 1. The smallest absolute Gasteiger partial charge is 0.161 e. The summed E-state index contributed by atoms with van der Waals surface area (Å²) < 4.78 is 5.61. The van der Waals surface area contributed by atoms with E-state index in [0.717, 1.165) is 22.6 Å². The largest absolute Gasteiger partial charge is 0.491 e. The Labute approximate surface area is 113 Å². The molecule has 2 aromatic rings. The Morgan fingerprint density at radius 2 is 1.68 bits per heavy atom. The number of nitrogens with two attached hydrogens (primary N) is 1. The molecule has 0 radical (unpaired) electrons. The third kappa shape index (κ3) is 3.02. The van der Waals surface area contributed by atoms with E-state index < -0.39 is 0 Å². The first kappa shape index (κ1) is 13.3. The molecule has 1 aromatic carbocycles. The van der Waals surface area contributed by atoms with Crippen molar-refractivity contribution >= 4 is 5.82 Å². The number of nitrogen functional groups attached to an aromatic ring is 1. The van der Waals surface area contributed by atoms with E-state index in [1.54, 1.807) is 0 Å². The SMILES string of the molecule is Cc1nc(-c2ccc(OC(C)C)cc2)nc(N)c1C. The van der Waals surface area contributed by atoms with Crippen molar-refractivity contribution in [1.29, 1.82) is 0 Å². The van der Waals surface area contributed by atoms with Crippen molar-refractivity contribution in [3.05, 3.63) is 35.5 Å². The Bertz CT molecular complexity index is 553. The number of hydrogen-bond acceptors (Lipinski definition) is 4. The topological polar surface area (TPSA) is 61.0 Å². The molecule has 0 bridgehead atoms. The van der Waals surface area contributed by atoms with Gasteiger partial charge in [-0.3, -0.25) is 0 Å². The molecule has 4 nitrogen and oxygen atoms in total. The minimum absolute atomic E-state index is 0.166. The maximum Gasteiger partial charge on any atom is 0.161 e. The molecule has 19 heavy (non-hydrogen) atoms. The summed E-state index contributed by atoms with van der Waals surface area (Å²) in [5.41, 5.74) is 8.66. The third-order valence-electron chi connectivity index (χ3n) is 2.91. The van der Waals surface area contributed by atoms with E-state index >= 15 is 0 Å². The van der Waals surface area contributed by atoms with Crippen LogP contribution in [-0.4, -0.2) is 16.1 Å². The van der Waals surface area contributed by atoms with E-state index in [1.165, 1.54) is 0 Å². The Morgan fingerprint density at radius 3 is 2.21 bits per heavy atom. The van der Waals surface area contributed by atoms with Crippen LogP contribution >= 0.6 is 0 Å². The Hall–Kier alpha value is -2.10. The summed E-state index contributed by atoms with van der Waals surface area (Å²) in [4.78, 5) is 8.78. The number of hydrogen-bond donors (Lipinski definition) is 1. The molecular weight excluding hydrogens is 238 g/mol. The van der Waals surface area contributed by atoms with Crippen LogP contribution in [0.25, 0.3) is 11.4 Å². The highest BCUT2D eigenvalue weighted by molar-refractivity contribution is 5.59. The van der Waals surface area contributed by atoms with Crippen LogP contribution in [0, 0.1) is 13.8 Å². The first-order chi connectivity index (χ1) is 8.97. The highest BCUT2D eigenvalue weighted by atomic mass is 16.5. The molecule has 0 spiro atoms. The van der Waals surface area contributed by atoms with Gasteiger partial charge in [-0.2, -0.15) is 0 Å². The van der Waals surface area contributed by atoms with Gasteiger partial charge in [-0.15, -0.1) is 0 Å². The van der Waals surface area contributed by atoms with Crippen molar-refractivity contribution < 1.29 is 4.74 Å². The zero-order chi connectivity index (χ0) is 14.0. The van der Waals surface area contributed by atoms with Crippen LogP contribution in [0.3, 0.4) is 0 Å². The van der Waals surface area contributed by atoms with Crippen molar-refractivity contribution in [1.82, 2.24) is 9.97 Å². The summed E-state index contributed by atoms with van der Waals surface area (Å²) in [6, 6.07) is 7.73. The van der Waals surface area contributed by atoms with Gasteiger partial charge in [-0.05, 0) is 52.0 Å². The molecule has 0 fully saturated rings. The number of ether oxygens (including phenoxy) is 1. The standard InChI is InChI=1S/C15H19N3O/c1-9(2)19-13-7-5-12(6-8-13)15-17-11(4)10(3)14(16)18-15/h5-9H,1-4H3,(H2,16,17,18). The zero-order valence-electron chi connectivity index (χ0n) is 11.8. The van der Waals surface area contributed by atoms with Crippen LogP contribution in [0.15, 0.2) is 24.3 Å². The second kappa shape index (κ2) is 5.26. The average molecular weight is 257 g/mol. The molecule has 1 heterocycles. The number of nitrogens with zero attached hydrogens (tertiary/aromatic N) is 2. The average Bonchev–Trinajstić information content (AvgIpc) is 2.35. The van der Waals surface area contributed by atoms with Crippen LogP contribution in [0.5, 0.6) is 5.75 Å². The molecule has 0 aliphatic heterocycles. The van der Waals surface area contributed by atoms with Gasteiger partial charge in [0.1, 0.15) is 11.6 Å². The molecular formula is C15H19N3O. The van der Waals surface area contributed by atoms with Crippen LogP contribution in [0.2, 0.25) is 0 Å². The highest BCUT2D eigenvalue weighted by Gasteiger charge is 2.07. The van der Waals surface area contributed by atoms with Gasteiger partial charge in [0, 0.05) is 16.8 Å². The number of rotatable bonds is 3. The molecule has 0 saturated carbocycles. The zero-order valence-corrected chi connectivity index (χ0v) is 11.8. The van der Waals surface area contributed by atoms with Crippen LogP contribution < -0.4 is 10.5 Å². The lowest BCUT2D eigenvalue weighted by Crippen LogP contribution is -2.05. The second-order valence-corrected chi connectivity index (χ2v) is 4.83. The van der Waals surface area contributed by atoms with Gasteiger partial charge in [-0.1, -0.05) is 0 Å². The van der Waals surface area contributed by atoms with E-state index in [4.69, 9.17) is 10.5 Å². The maximum absolute atomic E-state index is 5.88. The van der Waals surface area contributed by atoms with E-state index in [9.17, 15) is 0 Å². The van der Waals surface area contributed by atoms with E-state index in [-0.39, 0.29) is 6.10 Å². The normalized spacial score (nSPS) is 10.8. The van der Waals surface area contributed by atoms with Gasteiger partial charge in [0.05, 0.1) is 6.10 Å². The number of aryl methyl sites for hydroxylation is 1. The summed E-state index contributed by atoms with van der Waals surface area (Å²) in [7, 11) is 0. The summed E-state index contributed by atoms with van der Waals surface area (Å²) in [6.07, 6.45) is 0.166. The summed E-state index contributed by atoms with van der Waals surface area (Å²) in [5.74, 6) is 2.03. The molecule has 0 aliphatic carbocycles. The van der Waals surface area contributed by atoms with Gasteiger partial charge in [-0.25, -0.2) is 9.97 Å². The van der Waals surface area contributed by atoms with Crippen LogP contribution in [-0.2, 0) is 0 Å². The Kier molecular flexibility index (Phi) is 3.69. The van der Waals surface area contributed by atoms with Crippen molar-refractivity contribution in [3.8, 4) is 17.1 Å². The summed E-state index contributed by atoms with van der Waals surface area (Å²) >= 11 is 0. The molecule has 4 heteroatoms. The number of aromatic nitrogens is 2. The first-order valence-corrected chi connectivity index (χ1v) is 6.35. The van der Waals surface area contributed by atoms with Gasteiger partial charge < -0.3 is 10.5 Å². The van der Waals surface area contributed by atoms with Crippen molar-refractivity contribution in [2.24, 2.45) is 0 Å². The molecule has 0 atom stereocenters. The minimum Gasteiger partial charge on any atom is -0.491 e. The van der Waals surface area contributed by atoms with Crippen molar-refractivity contribution in [3.63, 3.8) is 0 Å². The summed E-state index contributed by atoms with van der Waals surface area (Å²) in [6.45, 7) is 7.86. The summed E-state index contributed by atoms with van der Waals surface area (Å²) in [5, 5.41) is 0. The third-order valence-corrected chi connectivity index (χ3v) is 2.91. The predicted molar refractivity (Wildman–Crippen MR) is 77.1 cm³/mol. The Morgan fingerprint density at radius 1 is 1.05 bits per heavy atom. The number of benzene rings is 1. The lowest BCUT2D eigenvalue weighted by atomic mass is 10.2. The molecule has 100 valence electrons. The van der Waals surface area contributed by atoms with E-state index in [1.807, 2.05) is 52.0 Å². The van der Waals surface area contributed by atoms with Gasteiger partial charge >= 0.3 is 0 Å². The molecule has 0 saturated heterocycles. The highest BCUT2D eigenvalue weighted by Crippen LogP contribution is 2.22. The fraction of sp³-hybridized carbons (Fsp3) is 0.333. The second-order valence-electron chi connectivity index (χ2n) is 4.83. The van der Waals surface area contributed by atoms with E-state index in [0.29, 0.717) is 11.6 Å². The van der Waals surface area contributed by atoms with Gasteiger partial charge in [0.25, 0.3) is 0 Å². The molecule has 0 unspecified atom stereocenters. The minimum atomic E-state index is 0.166. The Balaban J connectivity index is 2.32. The van der Waals surface area contributed by atoms with Gasteiger partial charge in [0.15, 0.2) is 5.82 Å². The fourth-order valence-electron chi connectivity index (χ4n) is 1.73. The molecule has 0 amide bonds. The molecule has 2 N–H and O–H groups in total. The van der Waals surface area contributed by atoms with Crippen LogP contribution in [0.4, 0.5) is 5.82 Å². The van der Waals surface area contributed by atoms with E-state index in [2.05, 4.69) is 9.97 Å². The van der Waals surface area contributed by atoms with Gasteiger partial charge in [0.2, 0.25) is 0 Å². The molecule has 2 rings (SSSR count). The lowest BCUT2D eigenvalue weighted by molar-refractivity contribution is 0.242. The van der Waals surface area contributed by atoms with Crippen molar-refractivity contribution in [2.75, 3.05) is 5.73 Å². The monoisotopic (exact) mass is 257 g/mol. The fourth-order valence-corrected chi connectivity index (χ4v) is 1.73. The van der Waals surface area contributed by atoms with Crippen LogP contribution in [0.1, 0.15) is 25.1 Å². The predicted octanol–water partition coefficient (Wildman–Crippen LogP) is 3.13. The quantitative estimate of drug-likeness (QED) is 0.917. The molecule has 0 aliphatic rings. The lowest BCUT2D eigenvalue weighted by Gasteiger charge is -2.10. The van der Waals surface area contributed by atoms with Crippen molar-refractivity contribution in [2.45, 2.75) is 33.8 Å².